The molecule has 0 bridgehead atoms. The van der Waals surface area contributed by atoms with E-state index in [1.54, 1.807) is 11.6 Å². The maximum atomic E-state index is 10.7. The van der Waals surface area contributed by atoms with Crippen molar-refractivity contribution >= 4 is 11.3 Å². The van der Waals surface area contributed by atoms with Crippen molar-refractivity contribution < 1.29 is 5.11 Å². The normalized spacial score (nSPS) is 12.3. The predicted octanol–water partition coefficient (Wildman–Crippen LogP) is 4.33. The average molecular weight is 334 g/mol. The lowest BCUT2D eigenvalue weighted by Gasteiger charge is -2.19. The first-order valence-corrected chi connectivity index (χ1v) is 8.16. The summed E-state index contributed by atoms with van der Waals surface area (Å²) in [6.45, 7) is 10.4. The number of hydrogen-bond donors (Lipinski definition) is 1. The molecule has 1 aromatic heterocycles. The van der Waals surface area contributed by atoms with E-state index < -0.39 is 0 Å². The van der Waals surface area contributed by atoms with Gasteiger partial charge in [-0.25, -0.2) is 0 Å². The molecule has 0 fully saturated rings. The van der Waals surface area contributed by atoms with E-state index in [4.69, 9.17) is 0 Å². The zero-order valence-electron chi connectivity index (χ0n) is 15.3. The third kappa shape index (κ3) is 3.41. The Bertz CT molecular complexity index is 897. The van der Waals surface area contributed by atoms with Gasteiger partial charge in [-0.2, -0.15) is 15.6 Å². The highest BCUT2D eigenvalue weighted by atomic mass is 16.3. The maximum absolute atomic E-state index is 10.7. The van der Waals surface area contributed by atoms with E-state index in [1.165, 1.54) is 0 Å². The van der Waals surface area contributed by atoms with E-state index in [9.17, 15) is 15.6 Å². The lowest BCUT2D eigenvalue weighted by atomic mass is 9.86. The fraction of sp³-hybridized carbons (Fsp3) is 0.350. The van der Waals surface area contributed by atoms with Crippen molar-refractivity contribution in [3.8, 4) is 12.1 Å². The number of nitrogens with zero attached hydrogens (tertiary/aromatic N) is 4. The molecule has 0 unspecified atom stereocenters. The van der Waals surface area contributed by atoms with Crippen LogP contribution in [-0.2, 0) is 12.0 Å². The number of rotatable bonds is 3. The summed E-state index contributed by atoms with van der Waals surface area (Å²) in [6, 6.07) is 11.7. The number of aromatic nitrogens is 2. The van der Waals surface area contributed by atoms with Crippen molar-refractivity contribution in [2.24, 2.45) is 0 Å². The molecule has 1 heterocycles. The molecule has 5 nitrogen and oxygen atoms in total. The second-order valence-electron chi connectivity index (χ2n) is 6.90. The molecule has 0 aliphatic carbocycles. The highest BCUT2D eigenvalue weighted by Gasteiger charge is 2.22. The lowest BCUT2D eigenvalue weighted by Crippen LogP contribution is -2.10. The highest BCUT2D eigenvalue weighted by molar-refractivity contribution is 5.94. The molecule has 128 valence electrons. The Balaban J connectivity index is 2.64. The van der Waals surface area contributed by atoms with Crippen LogP contribution in [0.4, 0.5) is 0 Å². The van der Waals surface area contributed by atoms with Crippen LogP contribution in [0.15, 0.2) is 24.3 Å². The number of aliphatic hydroxyl groups excluding tert-OH is 1. The Labute approximate surface area is 148 Å². The topological polar surface area (TPSA) is 85.6 Å². The van der Waals surface area contributed by atoms with Gasteiger partial charge in [0.05, 0.1) is 5.69 Å². The molecule has 0 saturated carbocycles. The van der Waals surface area contributed by atoms with Crippen LogP contribution < -0.4 is 0 Å². The summed E-state index contributed by atoms with van der Waals surface area (Å²) in [5.74, 6) is -0.218. The van der Waals surface area contributed by atoms with Gasteiger partial charge in [0.25, 0.3) is 0 Å². The number of allylic oxidation sites excluding steroid dienone is 1. The van der Waals surface area contributed by atoms with Crippen molar-refractivity contribution in [2.45, 2.75) is 46.6 Å². The summed E-state index contributed by atoms with van der Waals surface area (Å²) in [7, 11) is 0. The molecule has 2 aromatic rings. The average Bonchev–Trinajstić information content (AvgIpc) is 2.90. The van der Waals surface area contributed by atoms with Crippen molar-refractivity contribution in [2.75, 3.05) is 0 Å². The van der Waals surface area contributed by atoms with Crippen LogP contribution in [0.1, 0.15) is 55.8 Å². The van der Waals surface area contributed by atoms with Crippen LogP contribution in [0, 0.1) is 29.6 Å². The molecule has 1 N–H and O–H groups in total. The SMILES string of the molecule is CCn1nc(C)c(C#N)c1/C(O)=C(/C#N)c1ccc(C(C)(C)C)cc1. The van der Waals surface area contributed by atoms with Gasteiger partial charge >= 0.3 is 0 Å². The van der Waals surface area contributed by atoms with Crippen LogP contribution in [0.5, 0.6) is 0 Å². The third-order valence-corrected chi connectivity index (χ3v) is 4.15. The largest absolute Gasteiger partial charge is 0.504 e. The molecule has 0 aliphatic heterocycles. The zero-order chi connectivity index (χ0) is 18.8. The Hall–Kier alpha value is -3.05. The number of aliphatic hydroxyl groups is 1. The molecular weight excluding hydrogens is 312 g/mol. The summed E-state index contributed by atoms with van der Waals surface area (Å²) in [6.07, 6.45) is 0. The molecule has 0 radical (unpaired) electrons. The van der Waals surface area contributed by atoms with Gasteiger partial charge in [0.2, 0.25) is 0 Å². The van der Waals surface area contributed by atoms with E-state index in [0.717, 1.165) is 5.56 Å². The summed E-state index contributed by atoms with van der Waals surface area (Å²) in [4.78, 5) is 0. The van der Waals surface area contributed by atoms with Crippen molar-refractivity contribution in [1.82, 2.24) is 9.78 Å². The zero-order valence-corrected chi connectivity index (χ0v) is 15.3. The minimum Gasteiger partial charge on any atom is -0.504 e. The van der Waals surface area contributed by atoms with Crippen LogP contribution in [-0.4, -0.2) is 14.9 Å². The molecule has 1 aromatic carbocycles. The second kappa shape index (κ2) is 6.83. The Morgan fingerprint density at radius 2 is 1.80 bits per heavy atom. The molecular formula is C20H22N4O. The Morgan fingerprint density at radius 1 is 1.20 bits per heavy atom. The van der Waals surface area contributed by atoms with Crippen molar-refractivity contribution in [3.63, 3.8) is 0 Å². The number of aryl methyl sites for hydroxylation is 2. The quantitative estimate of drug-likeness (QED) is 0.668. The molecule has 0 amide bonds. The number of nitriles is 2. The monoisotopic (exact) mass is 334 g/mol. The van der Waals surface area contributed by atoms with Gasteiger partial charge in [0, 0.05) is 6.54 Å². The predicted molar refractivity (Wildman–Crippen MR) is 97.6 cm³/mol. The summed E-state index contributed by atoms with van der Waals surface area (Å²) < 4.78 is 1.55. The van der Waals surface area contributed by atoms with E-state index in [1.807, 2.05) is 31.2 Å². The van der Waals surface area contributed by atoms with Crippen molar-refractivity contribution in [3.05, 3.63) is 52.3 Å². The third-order valence-electron chi connectivity index (χ3n) is 4.15. The fourth-order valence-corrected chi connectivity index (χ4v) is 2.69. The van der Waals surface area contributed by atoms with Crippen molar-refractivity contribution in [1.29, 1.82) is 10.5 Å². The molecule has 0 spiro atoms. The summed E-state index contributed by atoms with van der Waals surface area (Å²) >= 11 is 0. The van der Waals surface area contributed by atoms with Crippen LogP contribution in [0.3, 0.4) is 0 Å². The van der Waals surface area contributed by atoms with E-state index in [-0.39, 0.29) is 16.7 Å². The summed E-state index contributed by atoms with van der Waals surface area (Å²) in [5, 5.41) is 34.0. The smallest absolute Gasteiger partial charge is 0.160 e. The standard InChI is InChI=1S/C20H22N4O/c1-6-24-18(16(11-21)13(2)23-24)19(25)17(12-22)14-7-9-15(10-8-14)20(3,4)5/h7-10,25H,6H2,1-5H3/b19-17+. The molecule has 0 atom stereocenters. The second-order valence-corrected chi connectivity index (χ2v) is 6.90. The van der Waals surface area contributed by atoms with Crippen LogP contribution in [0.25, 0.3) is 11.3 Å². The number of benzene rings is 1. The van der Waals surface area contributed by atoms with Gasteiger partial charge < -0.3 is 5.11 Å². The molecule has 2 rings (SSSR count). The number of hydrogen-bond acceptors (Lipinski definition) is 4. The van der Waals surface area contributed by atoms with Gasteiger partial charge in [-0.15, -0.1) is 0 Å². The van der Waals surface area contributed by atoms with Gasteiger partial charge in [0.15, 0.2) is 5.76 Å². The minimum absolute atomic E-state index is 0.00299. The maximum Gasteiger partial charge on any atom is 0.160 e. The van der Waals surface area contributed by atoms with Crippen LogP contribution in [0.2, 0.25) is 0 Å². The highest BCUT2D eigenvalue weighted by Crippen LogP contribution is 2.29. The van der Waals surface area contributed by atoms with Gasteiger partial charge in [-0.05, 0) is 30.4 Å². The summed E-state index contributed by atoms with van der Waals surface area (Å²) in [5.41, 5.74) is 3.00. The van der Waals surface area contributed by atoms with Crippen LogP contribution >= 0.6 is 0 Å². The first-order chi connectivity index (χ1) is 11.7. The van der Waals surface area contributed by atoms with E-state index in [2.05, 4.69) is 38.0 Å². The van der Waals surface area contributed by atoms with Gasteiger partial charge in [-0.3, -0.25) is 4.68 Å². The van der Waals surface area contributed by atoms with E-state index >= 15 is 0 Å². The lowest BCUT2D eigenvalue weighted by molar-refractivity contribution is 0.497. The van der Waals surface area contributed by atoms with Gasteiger partial charge in [-0.1, -0.05) is 45.0 Å². The Morgan fingerprint density at radius 3 is 2.24 bits per heavy atom. The first-order valence-electron chi connectivity index (χ1n) is 8.16. The fourth-order valence-electron chi connectivity index (χ4n) is 2.69. The minimum atomic E-state index is -0.218. The molecule has 0 aliphatic rings. The molecule has 5 heteroatoms. The molecule has 25 heavy (non-hydrogen) atoms. The van der Waals surface area contributed by atoms with Gasteiger partial charge in [0.1, 0.15) is 29.0 Å². The van der Waals surface area contributed by atoms with E-state index in [0.29, 0.717) is 29.1 Å². The first kappa shape index (κ1) is 18.3. The molecule has 0 saturated heterocycles. The Kier molecular flexibility index (Phi) is 4.99.